The second-order valence-electron chi connectivity index (χ2n) is 11.8. The van der Waals surface area contributed by atoms with Gasteiger partial charge in [0.1, 0.15) is 19.8 Å². The number of allylic oxidation sites excluding steroid dienone is 2. The van der Waals surface area contributed by atoms with Crippen LogP contribution in [0.15, 0.2) is 12.2 Å². The molecule has 0 saturated heterocycles. The van der Waals surface area contributed by atoms with Gasteiger partial charge in [0.25, 0.3) is 0 Å². The minimum Gasteiger partial charge on any atom is -0.462 e. The topological polar surface area (TPSA) is 108 Å². The van der Waals surface area contributed by atoms with Crippen molar-refractivity contribution in [1.82, 2.24) is 0 Å². The molecule has 0 rings (SSSR count). The summed E-state index contributed by atoms with van der Waals surface area (Å²) in [6.07, 6.45) is 19.2. The molecule has 0 amide bonds. The molecule has 1 N–H and O–H groups in total. The van der Waals surface area contributed by atoms with Crippen LogP contribution < -0.4 is 0 Å². The van der Waals surface area contributed by atoms with Gasteiger partial charge in [-0.1, -0.05) is 84.3 Å². The molecule has 0 aliphatic carbocycles. The van der Waals surface area contributed by atoms with Gasteiger partial charge in [0.2, 0.25) is 0 Å². The van der Waals surface area contributed by atoms with E-state index in [1.807, 2.05) is 21.1 Å². The van der Waals surface area contributed by atoms with Crippen LogP contribution in [-0.2, 0) is 32.7 Å². The molecule has 1 unspecified atom stereocenters. The average molecular weight is 593 g/mol. The quantitative estimate of drug-likeness (QED) is 0.0377. The van der Waals surface area contributed by atoms with E-state index in [0.29, 0.717) is 11.0 Å². The molecule has 0 aromatic rings. The third-order valence-corrected chi connectivity index (χ3v) is 7.25. The van der Waals surface area contributed by atoms with Crippen molar-refractivity contribution in [2.45, 2.75) is 117 Å². The fourth-order valence-corrected chi connectivity index (χ4v) is 4.40. The van der Waals surface area contributed by atoms with Gasteiger partial charge in [-0.15, -0.1) is 0 Å². The van der Waals surface area contributed by atoms with Gasteiger partial charge in [-0.3, -0.25) is 18.6 Å². The second kappa shape index (κ2) is 23.3. The molecule has 0 fully saturated rings. The van der Waals surface area contributed by atoms with E-state index < -0.39 is 38.4 Å². The molecule has 0 aliphatic rings. The number of nitrogens with zero attached hydrogens (tertiary/aromatic N) is 1. The van der Waals surface area contributed by atoms with E-state index in [1.54, 1.807) is 13.8 Å². The Morgan fingerprint density at radius 3 is 1.93 bits per heavy atom. The van der Waals surface area contributed by atoms with E-state index >= 15 is 0 Å². The maximum atomic E-state index is 12.2. The summed E-state index contributed by atoms with van der Waals surface area (Å²) >= 11 is 0. The van der Waals surface area contributed by atoms with Gasteiger partial charge in [-0.05, 0) is 32.1 Å². The summed E-state index contributed by atoms with van der Waals surface area (Å²) in [5, 5.41) is 0. The summed E-state index contributed by atoms with van der Waals surface area (Å²) in [6, 6.07) is 0. The fraction of sp³-hybridized carbons (Fsp3) is 0.867. The van der Waals surface area contributed by atoms with Gasteiger partial charge < -0.3 is 18.9 Å². The highest BCUT2D eigenvalue weighted by molar-refractivity contribution is 7.47. The largest absolute Gasteiger partial charge is 0.472 e. The summed E-state index contributed by atoms with van der Waals surface area (Å²) in [6.45, 7) is 5.45. The molecule has 0 aliphatic heterocycles. The summed E-state index contributed by atoms with van der Waals surface area (Å²) in [4.78, 5) is 34.2. The molecule has 236 valence electrons. The Morgan fingerprint density at radius 1 is 0.825 bits per heavy atom. The van der Waals surface area contributed by atoms with Crippen molar-refractivity contribution in [3.63, 3.8) is 0 Å². The van der Waals surface area contributed by atoms with Gasteiger partial charge in [0.15, 0.2) is 6.10 Å². The Balaban J connectivity index is 4.14. The molecule has 2 atom stereocenters. The molecular formula is C30H59NO8P+. The molecule has 9 nitrogen and oxygen atoms in total. The number of rotatable bonds is 26. The second-order valence-corrected chi connectivity index (χ2v) is 13.3. The molecule has 10 heteroatoms. The lowest BCUT2D eigenvalue weighted by atomic mass is 10.1. The molecule has 0 heterocycles. The number of phosphoric acid groups is 1. The van der Waals surface area contributed by atoms with E-state index in [0.717, 1.165) is 38.5 Å². The van der Waals surface area contributed by atoms with Gasteiger partial charge in [0, 0.05) is 6.42 Å². The maximum Gasteiger partial charge on any atom is 0.472 e. The van der Waals surface area contributed by atoms with E-state index in [4.69, 9.17) is 18.5 Å². The fourth-order valence-electron chi connectivity index (χ4n) is 3.66. The van der Waals surface area contributed by atoms with E-state index in [1.165, 1.54) is 44.9 Å². The Morgan fingerprint density at radius 2 is 1.38 bits per heavy atom. The highest BCUT2D eigenvalue weighted by atomic mass is 31.2. The summed E-state index contributed by atoms with van der Waals surface area (Å²) in [5.41, 5.74) is 0. The number of likely N-dealkylation sites (N-methyl/N-ethyl adjacent to an activating group) is 1. The van der Waals surface area contributed by atoms with Gasteiger partial charge in [-0.25, -0.2) is 4.57 Å². The van der Waals surface area contributed by atoms with Crippen molar-refractivity contribution in [1.29, 1.82) is 0 Å². The zero-order valence-electron chi connectivity index (χ0n) is 26.2. The third kappa shape index (κ3) is 25.7. The van der Waals surface area contributed by atoms with E-state index in [2.05, 4.69) is 19.1 Å². The number of hydrogen-bond donors (Lipinski definition) is 1. The van der Waals surface area contributed by atoms with Crippen LogP contribution in [0.25, 0.3) is 0 Å². The maximum absolute atomic E-state index is 12.2. The van der Waals surface area contributed by atoms with Crippen LogP contribution in [-0.4, -0.2) is 74.9 Å². The van der Waals surface area contributed by atoms with Crippen molar-refractivity contribution < 1.29 is 42.1 Å². The number of hydrogen-bond acceptors (Lipinski definition) is 7. The normalized spacial score (nSPS) is 14.4. The number of quaternary nitrogens is 1. The molecule has 0 aromatic heterocycles. The lowest BCUT2D eigenvalue weighted by Gasteiger charge is -2.24. The monoisotopic (exact) mass is 592 g/mol. The van der Waals surface area contributed by atoms with Crippen LogP contribution in [0.5, 0.6) is 0 Å². The summed E-state index contributed by atoms with van der Waals surface area (Å²) < 4.78 is 33.3. The highest BCUT2D eigenvalue weighted by Crippen LogP contribution is 2.43. The van der Waals surface area contributed by atoms with Crippen LogP contribution >= 0.6 is 7.82 Å². The SMILES string of the molecule is CCCCCCCC/C=C\CCCCCCCC(=O)OC[C@H](COP(=O)(O)OCC[N+](C)(C)C)OC(=O)C(C)C. The molecule has 0 bridgehead atoms. The highest BCUT2D eigenvalue weighted by Gasteiger charge is 2.27. The Labute approximate surface area is 244 Å². The number of carbonyl (C=O) groups excluding carboxylic acids is 2. The van der Waals surface area contributed by atoms with Gasteiger partial charge >= 0.3 is 19.8 Å². The summed E-state index contributed by atoms with van der Waals surface area (Å²) in [7, 11) is 1.45. The Kier molecular flexibility index (Phi) is 22.6. The van der Waals surface area contributed by atoms with Crippen molar-refractivity contribution in [2.24, 2.45) is 5.92 Å². The van der Waals surface area contributed by atoms with Gasteiger partial charge in [0.05, 0.1) is 33.7 Å². The molecular weight excluding hydrogens is 533 g/mol. The molecule has 0 radical (unpaired) electrons. The number of esters is 2. The Bertz CT molecular complexity index is 736. The molecule has 0 spiro atoms. The first-order valence-electron chi connectivity index (χ1n) is 15.3. The predicted molar refractivity (Wildman–Crippen MR) is 160 cm³/mol. The number of ether oxygens (including phenoxy) is 2. The van der Waals surface area contributed by atoms with E-state index in [-0.39, 0.29) is 19.6 Å². The van der Waals surface area contributed by atoms with Crippen LogP contribution in [0.2, 0.25) is 0 Å². The van der Waals surface area contributed by atoms with Crippen molar-refractivity contribution >= 4 is 19.8 Å². The Hall–Kier alpha value is -1.25. The molecule has 0 aromatic carbocycles. The van der Waals surface area contributed by atoms with Crippen LogP contribution in [0.3, 0.4) is 0 Å². The van der Waals surface area contributed by atoms with Gasteiger partial charge in [-0.2, -0.15) is 0 Å². The minimum atomic E-state index is -4.34. The lowest BCUT2D eigenvalue weighted by molar-refractivity contribution is -0.870. The summed E-state index contributed by atoms with van der Waals surface area (Å²) in [5.74, 6) is -1.31. The van der Waals surface area contributed by atoms with Crippen LogP contribution in [0.4, 0.5) is 0 Å². The molecule has 0 saturated carbocycles. The first-order valence-corrected chi connectivity index (χ1v) is 16.8. The average Bonchev–Trinajstić information content (AvgIpc) is 2.86. The van der Waals surface area contributed by atoms with Crippen molar-refractivity contribution in [3.8, 4) is 0 Å². The van der Waals surface area contributed by atoms with Crippen molar-refractivity contribution in [2.75, 3.05) is 47.5 Å². The van der Waals surface area contributed by atoms with Crippen LogP contribution in [0, 0.1) is 5.92 Å². The minimum absolute atomic E-state index is 0.0265. The zero-order chi connectivity index (χ0) is 30.3. The number of carbonyl (C=O) groups is 2. The molecule has 40 heavy (non-hydrogen) atoms. The van der Waals surface area contributed by atoms with Crippen LogP contribution in [0.1, 0.15) is 111 Å². The van der Waals surface area contributed by atoms with Crippen molar-refractivity contribution in [3.05, 3.63) is 12.2 Å². The zero-order valence-corrected chi connectivity index (χ0v) is 27.1. The standard InChI is InChI=1S/C30H58NO8P/c1-7-8-9-10-11-12-13-14-15-16-17-18-19-20-21-22-29(32)36-25-28(39-30(33)27(2)3)26-38-40(34,35)37-24-23-31(4,5)6/h14-15,27-28H,7-13,16-26H2,1-6H3/p+1/b15-14-/t28-/m1/s1. The number of unbranched alkanes of at least 4 members (excludes halogenated alkanes) is 11. The predicted octanol–water partition coefficient (Wildman–Crippen LogP) is 6.97. The third-order valence-electron chi connectivity index (χ3n) is 6.27. The first-order chi connectivity index (χ1) is 18.9. The lowest BCUT2D eigenvalue weighted by Crippen LogP contribution is -2.37. The number of phosphoric ester groups is 1. The van der Waals surface area contributed by atoms with E-state index in [9.17, 15) is 19.0 Å². The first kappa shape index (κ1) is 38.8. The smallest absolute Gasteiger partial charge is 0.462 e.